The monoisotopic (exact) mass is 379 g/mol. The molecule has 1 aromatic heterocycles. The Kier molecular flexibility index (Phi) is 8.25. The van der Waals surface area contributed by atoms with Crippen molar-refractivity contribution in [3.63, 3.8) is 0 Å². The summed E-state index contributed by atoms with van der Waals surface area (Å²) in [5, 5.41) is 30.4. The van der Waals surface area contributed by atoms with E-state index < -0.39 is 18.6 Å². The van der Waals surface area contributed by atoms with E-state index in [4.69, 9.17) is 15.9 Å². The Morgan fingerprint density at radius 1 is 1.07 bits per heavy atom. The van der Waals surface area contributed by atoms with E-state index in [2.05, 4.69) is 51.1 Å². The van der Waals surface area contributed by atoms with Crippen molar-refractivity contribution in [3.8, 4) is 0 Å². The van der Waals surface area contributed by atoms with Crippen LogP contribution in [0.2, 0.25) is 0 Å². The van der Waals surface area contributed by atoms with Gasteiger partial charge in [-0.1, -0.05) is 60.7 Å². The lowest BCUT2D eigenvalue weighted by atomic mass is 10.1. The molecule has 0 saturated heterocycles. The Morgan fingerprint density at radius 2 is 1.79 bits per heavy atom. The number of carboxylic acids is 1. The van der Waals surface area contributed by atoms with Crippen molar-refractivity contribution in [2.24, 2.45) is 5.73 Å². The summed E-state index contributed by atoms with van der Waals surface area (Å²) in [5.41, 5.74) is 7.99. The number of para-hydroxylation sites is 1. The quantitative estimate of drug-likeness (QED) is 0.479. The van der Waals surface area contributed by atoms with Crippen LogP contribution in [0, 0.1) is 0 Å². The molecule has 0 radical (unpaired) electrons. The molecule has 0 aliphatic rings. The summed E-state index contributed by atoms with van der Waals surface area (Å²) in [6.45, 7) is -0.505. The highest BCUT2D eigenvalue weighted by molar-refractivity contribution is 5.78. The zero-order chi connectivity index (χ0) is 20.2. The van der Waals surface area contributed by atoms with Crippen molar-refractivity contribution in [2.45, 2.75) is 6.04 Å². The Hall–Kier alpha value is -3.62. The minimum atomic E-state index is -1.18. The van der Waals surface area contributed by atoms with Crippen LogP contribution < -0.4 is 11.1 Å². The average molecular weight is 379 g/mol. The maximum atomic E-state index is 9.65. The van der Waals surface area contributed by atoms with Gasteiger partial charge < -0.3 is 21.3 Å². The van der Waals surface area contributed by atoms with Gasteiger partial charge in [0.25, 0.3) is 0 Å². The first-order valence-corrected chi connectivity index (χ1v) is 8.43. The molecule has 0 saturated carbocycles. The van der Waals surface area contributed by atoms with Crippen LogP contribution in [-0.2, 0) is 4.79 Å². The van der Waals surface area contributed by atoms with Crippen molar-refractivity contribution < 1.29 is 15.0 Å². The second-order valence-corrected chi connectivity index (χ2v) is 5.59. The van der Waals surface area contributed by atoms with E-state index in [1.54, 1.807) is 12.3 Å². The molecule has 0 amide bonds. The van der Waals surface area contributed by atoms with Gasteiger partial charge in [-0.2, -0.15) is 0 Å². The molecule has 0 aliphatic heterocycles. The van der Waals surface area contributed by atoms with E-state index >= 15 is 0 Å². The van der Waals surface area contributed by atoms with Crippen LogP contribution in [-0.4, -0.2) is 44.2 Å². The van der Waals surface area contributed by atoms with Crippen LogP contribution in [0.3, 0.4) is 0 Å². The summed E-state index contributed by atoms with van der Waals surface area (Å²) in [6, 6.07) is 18.9. The number of rotatable bonds is 6. The first kappa shape index (κ1) is 20.7. The van der Waals surface area contributed by atoms with Crippen LogP contribution in [0.5, 0.6) is 0 Å². The first-order valence-electron chi connectivity index (χ1n) is 8.43. The summed E-state index contributed by atoms with van der Waals surface area (Å²) in [5.74, 6) is -0.506. The molecule has 8 heteroatoms. The van der Waals surface area contributed by atoms with Crippen LogP contribution in [0.4, 0.5) is 11.5 Å². The standard InChI is InChI=1S/C17H14N4.C3H7NO3/c1-2-6-14(7-3-1)10-11-15-8-4-5-9-16(15)19-17-12-13-18-21-20-17;4-2(1-5)3(6)7/h1-13H,(H,18,19,20);2,5H,1,4H2,(H,6,7)/t;2-/m.0/s1. The second-order valence-electron chi connectivity index (χ2n) is 5.59. The maximum absolute atomic E-state index is 9.65. The van der Waals surface area contributed by atoms with Crippen molar-refractivity contribution in [1.82, 2.24) is 15.4 Å². The third-order valence-corrected chi connectivity index (χ3v) is 3.50. The third kappa shape index (κ3) is 6.94. The number of nitrogens with zero attached hydrogens (tertiary/aromatic N) is 3. The molecule has 1 atom stereocenters. The predicted octanol–water partition coefficient (Wildman–Crippen LogP) is 2.18. The van der Waals surface area contributed by atoms with E-state index in [1.807, 2.05) is 36.4 Å². The molecule has 0 bridgehead atoms. The summed E-state index contributed by atoms with van der Waals surface area (Å²) in [4.78, 5) is 9.65. The summed E-state index contributed by atoms with van der Waals surface area (Å²) in [6.07, 6.45) is 5.77. The number of aliphatic carboxylic acids is 1. The Labute approximate surface area is 162 Å². The number of hydrogen-bond donors (Lipinski definition) is 4. The minimum Gasteiger partial charge on any atom is -0.480 e. The van der Waals surface area contributed by atoms with Gasteiger partial charge >= 0.3 is 5.97 Å². The highest BCUT2D eigenvalue weighted by atomic mass is 16.4. The number of carboxylic acid groups (broad SMARTS) is 1. The Balaban J connectivity index is 0.000000345. The van der Waals surface area contributed by atoms with Crippen LogP contribution >= 0.6 is 0 Å². The van der Waals surface area contributed by atoms with E-state index in [1.165, 1.54) is 0 Å². The Morgan fingerprint density at radius 3 is 2.39 bits per heavy atom. The lowest BCUT2D eigenvalue weighted by Gasteiger charge is -2.07. The van der Waals surface area contributed by atoms with Gasteiger partial charge in [0, 0.05) is 11.8 Å². The number of aliphatic hydroxyl groups excluding tert-OH is 1. The van der Waals surface area contributed by atoms with Crippen molar-refractivity contribution >= 4 is 29.6 Å². The van der Waals surface area contributed by atoms with Crippen LogP contribution in [0.15, 0.2) is 66.9 Å². The van der Waals surface area contributed by atoms with Gasteiger partial charge in [-0.05, 0) is 22.4 Å². The molecule has 5 N–H and O–H groups in total. The molecule has 3 rings (SSSR count). The highest BCUT2D eigenvalue weighted by Crippen LogP contribution is 2.21. The molecule has 0 fully saturated rings. The molecule has 0 aliphatic carbocycles. The molecule has 8 nitrogen and oxygen atoms in total. The van der Waals surface area contributed by atoms with Gasteiger partial charge in [-0.15, -0.1) is 10.2 Å². The van der Waals surface area contributed by atoms with Gasteiger partial charge in [0.05, 0.1) is 12.8 Å². The van der Waals surface area contributed by atoms with Gasteiger partial charge in [-0.3, -0.25) is 4.79 Å². The fraction of sp³-hybridized carbons (Fsp3) is 0.100. The second kappa shape index (κ2) is 11.2. The van der Waals surface area contributed by atoms with E-state index in [9.17, 15) is 4.79 Å². The number of nitrogens with one attached hydrogen (secondary N) is 1. The molecule has 28 heavy (non-hydrogen) atoms. The molecule has 0 unspecified atom stereocenters. The first-order chi connectivity index (χ1) is 13.6. The zero-order valence-electron chi connectivity index (χ0n) is 15.0. The molecule has 1 heterocycles. The summed E-state index contributed by atoms with van der Waals surface area (Å²) in [7, 11) is 0. The van der Waals surface area contributed by atoms with Crippen LogP contribution in [0.25, 0.3) is 12.2 Å². The van der Waals surface area contributed by atoms with E-state index in [0.29, 0.717) is 5.82 Å². The minimum absolute atomic E-state index is 0.505. The fourth-order valence-corrected chi connectivity index (χ4v) is 2.03. The van der Waals surface area contributed by atoms with E-state index in [0.717, 1.165) is 16.8 Å². The number of benzene rings is 2. The van der Waals surface area contributed by atoms with Crippen molar-refractivity contribution in [1.29, 1.82) is 0 Å². The highest BCUT2D eigenvalue weighted by Gasteiger charge is 2.07. The van der Waals surface area contributed by atoms with Crippen LogP contribution in [0.1, 0.15) is 11.1 Å². The normalized spacial score (nSPS) is 11.4. The van der Waals surface area contributed by atoms with Gasteiger partial charge in [-0.25, -0.2) is 0 Å². The zero-order valence-corrected chi connectivity index (χ0v) is 15.0. The molecule has 144 valence electrons. The third-order valence-electron chi connectivity index (χ3n) is 3.50. The molecule has 3 aromatic rings. The van der Waals surface area contributed by atoms with Gasteiger partial charge in [0.2, 0.25) is 0 Å². The summed E-state index contributed by atoms with van der Waals surface area (Å²) < 4.78 is 0. The number of hydrogen-bond acceptors (Lipinski definition) is 7. The van der Waals surface area contributed by atoms with E-state index in [-0.39, 0.29) is 0 Å². The van der Waals surface area contributed by atoms with Gasteiger partial charge in [0.15, 0.2) is 5.82 Å². The predicted molar refractivity (Wildman–Crippen MR) is 108 cm³/mol. The molecule has 2 aromatic carbocycles. The number of carbonyl (C=O) groups is 1. The number of nitrogens with two attached hydrogens (primary N) is 1. The Bertz CT molecular complexity index is 889. The lowest BCUT2D eigenvalue weighted by molar-refractivity contribution is -0.139. The fourth-order valence-electron chi connectivity index (χ4n) is 2.03. The molecular weight excluding hydrogens is 358 g/mol. The average Bonchev–Trinajstić information content (AvgIpc) is 2.74. The topological polar surface area (TPSA) is 134 Å². The van der Waals surface area contributed by atoms with Gasteiger partial charge in [0.1, 0.15) is 6.04 Å². The van der Waals surface area contributed by atoms with Crippen molar-refractivity contribution in [3.05, 3.63) is 78.0 Å². The maximum Gasteiger partial charge on any atom is 0.322 e. The number of anilines is 2. The SMILES string of the molecule is C(=Cc1ccccc1Nc1ccnnn1)c1ccccc1.N[C@@H](CO)C(=O)O. The molecular formula is C20H21N5O3. The summed E-state index contributed by atoms with van der Waals surface area (Å²) >= 11 is 0. The number of aromatic nitrogens is 3. The molecule has 0 spiro atoms. The smallest absolute Gasteiger partial charge is 0.322 e. The number of aliphatic hydroxyl groups is 1. The lowest BCUT2D eigenvalue weighted by Crippen LogP contribution is -2.33. The largest absolute Gasteiger partial charge is 0.480 e. The van der Waals surface area contributed by atoms with Crippen molar-refractivity contribution in [2.75, 3.05) is 11.9 Å².